The first kappa shape index (κ1) is 27.7. The molecule has 0 aliphatic rings. The fraction of sp³-hybridized carbons (Fsp3) is 0.625. The van der Waals surface area contributed by atoms with Crippen molar-refractivity contribution in [2.45, 2.75) is 49.1 Å². The van der Waals surface area contributed by atoms with Gasteiger partial charge in [0.1, 0.15) is 48.0 Å². The molecule has 0 fully saturated rings. The van der Waals surface area contributed by atoms with Gasteiger partial charge in [-0.15, -0.1) is 0 Å². The van der Waals surface area contributed by atoms with Crippen molar-refractivity contribution in [2.75, 3.05) is 13.2 Å². The summed E-state index contributed by atoms with van der Waals surface area (Å²) in [6, 6.07) is 0. The van der Waals surface area contributed by atoms with Gasteiger partial charge >= 0.3 is 0 Å². The van der Waals surface area contributed by atoms with Crippen LogP contribution in [0, 0.1) is 0 Å². The highest BCUT2D eigenvalue weighted by Gasteiger charge is 2.32. The Bertz CT molecular complexity index is 677. The van der Waals surface area contributed by atoms with Crippen LogP contribution in [-0.2, 0) is 0 Å². The minimum Gasteiger partial charge on any atom is -0.394 e. The Balaban J connectivity index is 2.71. The highest BCUT2D eigenvalue weighted by molar-refractivity contribution is 5.94. The van der Waals surface area contributed by atoms with Gasteiger partial charge in [0.2, 0.25) is 0 Å². The summed E-state index contributed by atoms with van der Waals surface area (Å²) in [6.45, 7) is -1.83. The van der Waals surface area contributed by atoms with Gasteiger partial charge in [0.25, 0.3) is 11.8 Å². The minimum atomic E-state index is -2.07. The average molecular weight is 466 g/mol. The lowest BCUT2D eigenvalue weighted by atomic mass is 10.1. The summed E-state index contributed by atoms with van der Waals surface area (Å²) in [4.78, 5) is 31.2. The fourth-order valence-corrected chi connectivity index (χ4v) is 2.19. The lowest BCUT2D eigenvalue weighted by molar-refractivity contribution is -0.119. The Morgan fingerprint density at radius 1 is 0.656 bits per heavy atom. The van der Waals surface area contributed by atoms with E-state index in [1.165, 1.54) is 0 Å². The smallest absolute Gasteiger partial charge is 0.273 e. The van der Waals surface area contributed by atoms with Crippen LogP contribution in [0.15, 0.2) is 12.4 Å². The largest absolute Gasteiger partial charge is 0.394 e. The molecule has 16 heteroatoms. The minimum absolute atomic E-state index is 0.452. The van der Waals surface area contributed by atoms with Crippen LogP contribution >= 0.6 is 0 Å². The molecule has 0 aliphatic heterocycles. The molecule has 12 N–H and O–H groups in total. The predicted octanol–water partition coefficient (Wildman–Crippen LogP) is -7.28. The molecule has 1 heterocycles. The van der Waals surface area contributed by atoms with Crippen LogP contribution in [0.5, 0.6) is 0 Å². The molecule has 0 spiro atoms. The number of hydrogen-bond donors (Lipinski definition) is 12. The molecule has 0 bridgehead atoms. The van der Waals surface area contributed by atoms with Crippen molar-refractivity contribution in [3.8, 4) is 0 Å². The number of hydrogen-bond acceptors (Lipinski definition) is 14. The van der Waals surface area contributed by atoms with Gasteiger partial charge in [-0.2, -0.15) is 0 Å². The van der Waals surface area contributed by atoms with E-state index in [2.05, 4.69) is 9.97 Å². The van der Waals surface area contributed by atoms with E-state index in [1.807, 2.05) is 10.6 Å². The quantitative estimate of drug-likeness (QED) is 0.127. The third kappa shape index (κ3) is 7.35. The van der Waals surface area contributed by atoms with E-state index < -0.39 is 85.5 Å². The monoisotopic (exact) mass is 466 g/mol. The molecule has 8 atom stereocenters. The standard InChI is InChI=1S/C16H26N4O12/c21-3-7(23)9(25)11(27)15(31)19-13(29)5-1-17-6(2-18-5)14(30)20-16(32)12(28)10(26)8(24)4-22/h1-2,7-12,15-16,21-28,31-32H,3-4H2,(H,19,29)(H,20,30)/t7-,8-,9-,10-,11+,12+,15-,16-/m1/s1. The summed E-state index contributed by atoms with van der Waals surface area (Å²) in [6.07, 6.45) is -14.2. The highest BCUT2D eigenvalue weighted by atomic mass is 16.4. The first-order chi connectivity index (χ1) is 14.9. The van der Waals surface area contributed by atoms with E-state index in [9.17, 15) is 50.4 Å². The van der Waals surface area contributed by atoms with Gasteiger partial charge in [0, 0.05) is 0 Å². The van der Waals surface area contributed by atoms with E-state index in [0.29, 0.717) is 0 Å². The van der Waals surface area contributed by atoms with Gasteiger partial charge < -0.3 is 61.7 Å². The molecule has 0 aliphatic carbocycles. The molecule has 0 radical (unpaired) electrons. The zero-order valence-corrected chi connectivity index (χ0v) is 16.4. The second kappa shape index (κ2) is 12.6. The van der Waals surface area contributed by atoms with Crippen molar-refractivity contribution < 1.29 is 60.7 Å². The molecular formula is C16H26N4O12. The Kier molecular flexibility index (Phi) is 10.9. The number of carbonyl (C=O) groups is 2. The lowest BCUT2D eigenvalue weighted by Crippen LogP contribution is -2.53. The van der Waals surface area contributed by atoms with Gasteiger partial charge in [-0.1, -0.05) is 0 Å². The van der Waals surface area contributed by atoms with Crippen molar-refractivity contribution in [1.82, 2.24) is 20.6 Å². The lowest BCUT2D eigenvalue weighted by Gasteiger charge is -2.26. The highest BCUT2D eigenvalue weighted by Crippen LogP contribution is 2.06. The molecule has 32 heavy (non-hydrogen) atoms. The second-order valence-corrected chi connectivity index (χ2v) is 6.59. The molecule has 16 nitrogen and oxygen atoms in total. The summed E-state index contributed by atoms with van der Waals surface area (Å²) in [7, 11) is 0. The molecule has 1 aromatic heterocycles. The van der Waals surface area contributed by atoms with Gasteiger partial charge in [0.15, 0.2) is 12.5 Å². The average Bonchev–Trinajstić information content (AvgIpc) is 2.80. The summed E-state index contributed by atoms with van der Waals surface area (Å²) < 4.78 is 0. The van der Waals surface area contributed by atoms with Crippen molar-refractivity contribution >= 4 is 11.8 Å². The third-order valence-electron chi connectivity index (χ3n) is 4.18. The van der Waals surface area contributed by atoms with Crippen LogP contribution in [-0.4, -0.2) is 135 Å². The normalized spacial score (nSPS) is 19.1. The molecule has 0 saturated carbocycles. The maximum Gasteiger partial charge on any atom is 0.273 e. The van der Waals surface area contributed by atoms with Gasteiger partial charge in [0.05, 0.1) is 25.6 Å². The van der Waals surface area contributed by atoms with E-state index in [1.54, 1.807) is 0 Å². The summed E-state index contributed by atoms with van der Waals surface area (Å²) in [5.41, 5.74) is -0.904. The Morgan fingerprint density at radius 3 is 1.22 bits per heavy atom. The Labute approximate surface area is 180 Å². The zero-order valence-electron chi connectivity index (χ0n) is 16.4. The fourth-order valence-electron chi connectivity index (χ4n) is 2.19. The molecule has 182 valence electrons. The van der Waals surface area contributed by atoms with E-state index in [0.717, 1.165) is 12.4 Å². The molecule has 0 saturated heterocycles. The van der Waals surface area contributed by atoms with Crippen LogP contribution in [0.25, 0.3) is 0 Å². The summed E-state index contributed by atoms with van der Waals surface area (Å²) in [5, 5.41) is 97.3. The van der Waals surface area contributed by atoms with E-state index in [-0.39, 0.29) is 0 Å². The second-order valence-electron chi connectivity index (χ2n) is 6.59. The number of aromatic nitrogens is 2. The van der Waals surface area contributed by atoms with Crippen molar-refractivity contribution in [3.05, 3.63) is 23.8 Å². The van der Waals surface area contributed by atoms with Crippen molar-refractivity contribution in [2.24, 2.45) is 0 Å². The number of nitrogens with one attached hydrogen (secondary N) is 2. The number of aliphatic hydroxyl groups is 10. The number of carbonyl (C=O) groups excluding carboxylic acids is 2. The summed E-state index contributed by atoms with van der Waals surface area (Å²) in [5.74, 6) is -2.20. The molecule has 1 aromatic rings. The Hall–Kier alpha value is -2.38. The van der Waals surface area contributed by atoms with Gasteiger partial charge in [-0.3, -0.25) is 9.59 Å². The van der Waals surface area contributed by atoms with E-state index in [4.69, 9.17) is 10.2 Å². The Morgan fingerprint density at radius 2 is 0.969 bits per heavy atom. The molecule has 2 amide bonds. The van der Waals surface area contributed by atoms with Crippen molar-refractivity contribution in [3.63, 3.8) is 0 Å². The summed E-state index contributed by atoms with van der Waals surface area (Å²) >= 11 is 0. The van der Waals surface area contributed by atoms with Gasteiger partial charge in [-0.05, 0) is 0 Å². The van der Waals surface area contributed by atoms with Crippen LogP contribution in [0.3, 0.4) is 0 Å². The first-order valence-electron chi connectivity index (χ1n) is 9.04. The third-order valence-corrected chi connectivity index (χ3v) is 4.18. The maximum atomic E-state index is 12.0. The van der Waals surface area contributed by atoms with Crippen LogP contribution < -0.4 is 10.6 Å². The number of rotatable bonds is 12. The van der Waals surface area contributed by atoms with E-state index >= 15 is 0 Å². The number of nitrogens with zero attached hydrogens (tertiary/aromatic N) is 2. The predicted molar refractivity (Wildman–Crippen MR) is 99.2 cm³/mol. The molecular weight excluding hydrogens is 440 g/mol. The SMILES string of the molecule is O=C(N[C@H](O)[C@@H](O)[C@H](O)[C@H](O)CO)c1cnc(C(=O)N[C@H](O)[C@@H](O)[C@H](O)[C@H](O)CO)cn1. The van der Waals surface area contributed by atoms with Crippen LogP contribution in [0.1, 0.15) is 21.0 Å². The number of aliphatic hydroxyl groups excluding tert-OH is 10. The van der Waals surface area contributed by atoms with Gasteiger partial charge in [-0.25, -0.2) is 9.97 Å². The molecule has 1 rings (SSSR count). The van der Waals surface area contributed by atoms with Crippen molar-refractivity contribution in [1.29, 1.82) is 0 Å². The first-order valence-corrected chi connectivity index (χ1v) is 9.04. The topological polar surface area (TPSA) is 286 Å². The van der Waals surface area contributed by atoms with Crippen LogP contribution in [0.2, 0.25) is 0 Å². The number of amides is 2. The molecule has 0 aromatic carbocycles. The molecule has 0 unspecified atom stereocenters. The zero-order chi connectivity index (χ0) is 24.6. The maximum absolute atomic E-state index is 12.0. The van der Waals surface area contributed by atoms with Crippen LogP contribution in [0.4, 0.5) is 0 Å².